The molecule has 0 saturated heterocycles. The van der Waals surface area contributed by atoms with E-state index in [2.05, 4.69) is 10.3 Å². The minimum atomic E-state index is -4.37. The minimum Gasteiger partial charge on any atom is -0.495 e. The molecule has 0 aromatic carbocycles. The summed E-state index contributed by atoms with van der Waals surface area (Å²) in [5.41, 5.74) is -2.07. The van der Waals surface area contributed by atoms with Gasteiger partial charge < -0.3 is 10.0 Å². The van der Waals surface area contributed by atoms with Gasteiger partial charge in [0, 0.05) is 13.1 Å². The molecule has 0 amide bonds. The van der Waals surface area contributed by atoms with Crippen LogP contribution in [0.4, 0.5) is 13.2 Å². The highest BCUT2D eigenvalue weighted by atomic mass is 19.4. The Bertz CT molecular complexity index is 364. The van der Waals surface area contributed by atoms with Crippen LogP contribution in [0.15, 0.2) is 17.0 Å². The molecule has 4 nitrogen and oxygen atoms in total. The molecule has 2 rings (SSSR count). The van der Waals surface area contributed by atoms with E-state index in [1.165, 1.54) is 6.08 Å². The van der Waals surface area contributed by atoms with Crippen molar-refractivity contribution in [3.8, 4) is 0 Å². The Morgan fingerprint density at radius 3 is 2.88 bits per heavy atom. The second-order valence-corrected chi connectivity index (χ2v) is 4.12. The Hall–Kier alpha value is -1.40. The van der Waals surface area contributed by atoms with Crippen LogP contribution < -0.4 is 5.32 Å². The van der Waals surface area contributed by atoms with Crippen LogP contribution in [0.1, 0.15) is 13.3 Å². The van der Waals surface area contributed by atoms with Crippen LogP contribution in [0.2, 0.25) is 0 Å². The third-order valence-corrected chi connectivity index (χ3v) is 2.88. The maximum atomic E-state index is 12.8. The number of hydrogen-bond donors (Lipinski definition) is 2. The molecule has 1 unspecified atom stereocenters. The van der Waals surface area contributed by atoms with E-state index >= 15 is 0 Å². The Morgan fingerprint density at radius 2 is 2.25 bits per heavy atom. The summed E-state index contributed by atoms with van der Waals surface area (Å²) in [4.78, 5) is 5.32. The van der Waals surface area contributed by atoms with Gasteiger partial charge in [-0.15, -0.1) is 0 Å². The molecule has 0 aliphatic carbocycles. The number of halogens is 3. The molecule has 0 aromatic heterocycles. The summed E-state index contributed by atoms with van der Waals surface area (Å²) < 4.78 is 38.3. The Morgan fingerprint density at radius 1 is 1.56 bits per heavy atom. The monoisotopic (exact) mass is 235 g/mol. The molecule has 90 valence electrons. The first-order valence-corrected chi connectivity index (χ1v) is 4.89. The third kappa shape index (κ3) is 1.70. The van der Waals surface area contributed by atoms with E-state index in [9.17, 15) is 18.3 Å². The molecule has 2 heterocycles. The van der Waals surface area contributed by atoms with Crippen LogP contribution in [0, 0.1) is 0 Å². The van der Waals surface area contributed by atoms with E-state index in [-0.39, 0.29) is 24.8 Å². The van der Waals surface area contributed by atoms with Gasteiger partial charge in [-0.05, 0) is 19.4 Å². The zero-order valence-corrected chi connectivity index (χ0v) is 8.67. The first-order chi connectivity index (χ1) is 7.32. The lowest BCUT2D eigenvalue weighted by Gasteiger charge is -2.39. The van der Waals surface area contributed by atoms with Gasteiger partial charge in [-0.1, -0.05) is 0 Å². The van der Waals surface area contributed by atoms with Crippen molar-refractivity contribution in [2.24, 2.45) is 4.99 Å². The largest absolute Gasteiger partial charge is 0.495 e. The molecule has 0 radical (unpaired) electrons. The predicted molar refractivity (Wildman–Crippen MR) is 51.9 cm³/mol. The molecule has 2 aliphatic rings. The lowest BCUT2D eigenvalue weighted by molar-refractivity contribution is -0.184. The van der Waals surface area contributed by atoms with Crippen LogP contribution in [-0.4, -0.2) is 40.8 Å². The average molecular weight is 235 g/mol. The van der Waals surface area contributed by atoms with Gasteiger partial charge in [0.25, 0.3) is 0 Å². The third-order valence-electron chi connectivity index (χ3n) is 2.88. The quantitative estimate of drug-likeness (QED) is 0.666. The van der Waals surface area contributed by atoms with Crippen LogP contribution in [0.3, 0.4) is 0 Å². The number of nitrogens with zero attached hydrogens (tertiary/aromatic N) is 2. The summed E-state index contributed by atoms with van der Waals surface area (Å²) in [5, 5.41) is 11.6. The van der Waals surface area contributed by atoms with Crippen molar-refractivity contribution in [3.05, 3.63) is 12.0 Å². The number of aliphatic imine (C=N–C) groups is 1. The molecule has 0 bridgehead atoms. The van der Waals surface area contributed by atoms with Crippen molar-refractivity contribution >= 4 is 5.96 Å². The van der Waals surface area contributed by atoms with Gasteiger partial charge >= 0.3 is 6.18 Å². The van der Waals surface area contributed by atoms with Crippen molar-refractivity contribution in [2.45, 2.75) is 25.1 Å². The summed E-state index contributed by atoms with van der Waals surface area (Å²) in [7, 11) is 0. The molecule has 16 heavy (non-hydrogen) atoms. The number of aliphatic hydroxyl groups is 1. The smallest absolute Gasteiger partial charge is 0.413 e. The molecule has 0 saturated carbocycles. The zero-order valence-electron chi connectivity index (χ0n) is 8.67. The fraction of sp³-hybridized carbons (Fsp3) is 0.667. The Balaban J connectivity index is 2.30. The number of aliphatic hydroxyl groups excluding tert-OH is 1. The summed E-state index contributed by atoms with van der Waals surface area (Å²) in [6, 6.07) is 0. The summed E-state index contributed by atoms with van der Waals surface area (Å²) in [6.45, 7) is 1.71. The maximum absolute atomic E-state index is 12.8. The second kappa shape index (κ2) is 3.29. The molecule has 2 N–H and O–H groups in total. The number of rotatable bonds is 0. The molecule has 0 fully saturated rings. The van der Waals surface area contributed by atoms with Crippen LogP contribution >= 0.6 is 0 Å². The van der Waals surface area contributed by atoms with Crippen LogP contribution in [0.25, 0.3) is 0 Å². The lowest BCUT2D eigenvalue weighted by atomic mass is 9.96. The van der Waals surface area contributed by atoms with E-state index in [0.717, 1.165) is 6.92 Å². The van der Waals surface area contributed by atoms with Crippen molar-refractivity contribution in [1.29, 1.82) is 0 Å². The fourth-order valence-electron chi connectivity index (χ4n) is 1.67. The zero-order chi connectivity index (χ0) is 12.0. The SMILES string of the molecule is CC1(C(F)(F)F)CCN2CC=C(O)NC2=N1. The van der Waals surface area contributed by atoms with Gasteiger partial charge in [0.2, 0.25) is 5.96 Å². The van der Waals surface area contributed by atoms with Gasteiger partial charge in [-0.25, -0.2) is 4.99 Å². The summed E-state index contributed by atoms with van der Waals surface area (Å²) in [6.07, 6.45) is -2.95. The van der Waals surface area contributed by atoms with Crippen molar-refractivity contribution in [3.63, 3.8) is 0 Å². The fourth-order valence-corrected chi connectivity index (χ4v) is 1.67. The van der Waals surface area contributed by atoms with Gasteiger partial charge in [-0.3, -0.25) is 5.32 Å². The van der Waals surface area contributed by atoms with E-state index in [0.29, 0.717) is 6.54 Å². The van der Waals surface area contributed by atoms with Crippen molar-refractivity contribution < 1.29 is 18.3 Å². The van der Waals surface area contributed by atoms with E-state index in [4.69, 9.17) is 0 Å². The minimum absolute atomic E-state index is 0.0731. The number of hydrogen-bond acceptors (Lipinski definition) is 4. The van der Waals surface area contributed by atoms with Gasteiger partial charge in [0.1, 0.15) is 0 Å². The highest BCUT2D eigenvalue weighted by molar-refractivity contribution is 5.83. The summed E-state index contributed by atoms with van der Waals surface area (Å²) >= 11 is 0. The van der Waals surface area contributed by atoms with E-state index in [1.807, 2.05) is 0 Å². The number of nitrogens with one attached hydrogen (secondary N) is 1. The topological polar surface area (TPSA) is 47.9 Å². The molecular formula is C9H12F3N3O. The Kier molecular flexibility index (Phi) is 2.28. The molecule has 1 atom stereocenters. The molecule has 0 spiro atoms. The van der Waals surface area contributed by atoms with Gasteiger partial charge in [-0.2, -0.15) is 13.2 Å². The Labute approximate surface area is 90.5 Å². The first-order valence-electron chi connectivity index (χ1n) is 4.89. The molecular weight excluding hydrogens is 223 g/mol. The normalized spacial score (nSPS) is 30.1. The molecule has 2 aliphatic heterocycles. The van der Waals surface area contributed by atoms with Crippen molar-refractivity contribution in [1.82, 2.24) is 10.2 Å². The number of guanidine groups is 1. The lowest BCUT2D eigenvalue weighted by Crippen LogP contribution is -2.55. The number of alkyl halides is 3. The highest BCUT2D eigenvalue weighted by Gasteiger charge is 2.53. The maximum Gasteiger partial charge on any atom is 0.413 e. The van der Waals surface area contributed by atoms with E-state index in [1.54, 1.807) is 4.90 Å². The van der Waals surface area contributed by atoms with Gasteiger partial charge in [0.05, 0.1) is 0 Å². The van der Waals surface area contributed by atoms with Crippen molar-refractivity contribution in [2.75, 3.05) is 13.1 Å². The predicted octanol–water partition coefficient (Wildman–Crippen LogP) is 1.37. The van der Waals surface area contributed by atoms with Crippen LogP contribution in [0.5, 0.6) is 0 Å². The average Bonchev–Trinajstić information content (AvgIpc) is 2.15. The van der Waals surface area contributed by atoms with Gasteiger partial charge in [0.15, 0.2) is 11.4 Å². The summed E-state index contributed by atoms with van der Waals surface area (Å²) in [5.74, 6) is -0.0625. The molecule has 0 aromatic rings. The highest BCUT2D eigenvalue weighted by Crippen LogP contribution is 2.38. The first kappa shape index (κ1) is 11.1. The molecule has 7 heteroatoms. The standard InChI is InChI=1S/C9H12F3N3O/c1-8(9(10,11)12)3-5-15-4-2-6(16)13-7(15)14-8/h2,16H,3-5H2,1H3,(H,13,14). The van der Waals surface area contributed by atoms with Crippen LogP contribution in [-0.2, 0) is 0 Å². The van der Waals surface area contributed by atoms with E-state index < -0.39 is 11.7 Å². The number of fused-ring (bicyclic) bond motifs is 1. The second-order valence-electron chi connectivity index (χ2n) is 4.12.